The van der Waals surface area contributed by atoms with Crippen molar-refractivity contribution in [2.24, 2.45) is 0 Å². The largest absolute Gasteiger partial charge is 0.480 e. The van der Waals surface area contributed by atoms with E-state index in [2.05, 4.69) is 22.3 Å². The molecule has 27 heavy (non-hydrogen) atoms. The average molecular weight is 368 g/mol. The highest BCUT2D eigenvalue weighted by Crippen LogP contribution is 2.24. The van der Waals surface area contributed by atoms with Crippen molar-refractivity contribution in [3.8, 4) is 0 Å². The Morgan fingerprint density at radius 3 is 2.07 bits per heavy atom. The summed E-state index contributed by atoms with van der Waals surface area (Å²) < 4.78 is 5.20. The zero-order chi connectivity index (χ0) is 19.1. The van der Waals surface area contributed by atoms with Crippen LogP contribution in [0.5, 0.6) is 0 Å². The summed E-state index contributed by atoms with van der Waals surface area (Å²) >= 11 is 0. The molecule has 0 radical (unpaired) electrons. The molecule has 0 atom stereocenters. The number of ether oxygens (including phenoxy) is 1. The van der Waals surface area contributed by atoms with E-state index in [1.807, 2.05) is 48.5 Å². The van der Waals surface area contributed by atoms with Gasteiger partial charge in [0.15, 0.2) is 0 Å². The van der Waals surface area contributed by atoms with Gasteiger partial charge in [0.25, 0.3) is 0 Å². The number of alkyl carbamates (subject to hydrolysis) is 1. The number of carboxylic acid groups (broad SMARTS) is 1. The van der Waals surface area contributed by atoms with Crippen LogP contribution in [0.2, 0.25) is 0 Å². The van der Waals surface area contributed by atoms with Crippen LogP contribution in [0.1, 0.15) is 24.0 Å². The Bertz CT molecular complexity index is 756. The zero-order valence-electron chi connectivity index (χ0n) is 15.1. The molecule has 6 nitrogen and oxygen atoms in total. The summed E-state index contributed by atoms with van der Waals surface area (Å²) in [5.74, 6) is -1.02. The molecule has 0 spiro atoms. The van der Waals surface area contributed by atoms with Crippen LogP contribution in [0, 0.1) is 0 Å². The summed E-state index contributed by atoms with van der Waals surface area (Å²) in [7, 11) is 0. The van der Waals surface area contributed by atoms with Crippen LogP contribution in [-0.4, -0.2) is 40.7 Å². The fourth-order valence-corrected chi connectivity index (χ4v) is 3.28. The minimum Gasteiger partial charge on any atom is -0.480 e. The number of aliphatic carboxylic acids is 1. The van der Waals surface area contributed by atoms with E-state index in [9.17, 15) is 14.7 Å². The highest BCUT2D eigenvalue weighted by atomic mass is 16.5. The first-order chi connectivity index (χ1) is 13.1. The second-order valence-corrected chi connectivity index (χ2v) is 6.84. The number of piperidine rings is 1. The van der Waals surface area contributed by atoms with Gasteiger partial charge in [-0.15, -0.1) is 0 Å². The van der Waals surface area contributed by atoms with Gasteiger partial charge in [0.05, 0.1) is 0 Å². The molecule has 2 aromatic rings. The smallest absolute Gasteiger partial charge is 0.408 e. The summed E-state index contributed by atoms with van der Waals surface area (Å²) in [4.78, 5) is 26.2. The molecule has 3 rings (SSSR count). The summed E-state index contributed by atoms with van der Waals surface area (Å²) in [6.45, 7) is 2.08. The molecule has 0 aliphatic carbocycles. The van der Waals surface area contributed by atoms with Crippen LogP contribution in [0.4, 0.5) is 4.79 Å². The van der Waals surface area contributed by atoms with Gasteiger partial charge in [0.1, 0.15) is 12.1 Å². The number of nitrogens with zero attached hydrogens (tertiary/aromatic N) is 1. The maximum atomic E-state index is 12.2. The van der Waals surface area contributed by atoms with Crippen LogP contribution in [0.15, 0.2) is 60.7 Å². The SMILES string of the molecule is O=C(NC1(C(=O)O)CCN(Cc2ccccc2)CC1)OCc1ccccc1. The van der Waals surface area contributed by atoms with E-state index in [0.717, 1.165) is 12.1 Å². The lowest BCUT2D eigenvalue weighted by atomic mass is 9.87. The molecule has 0 aromatic heterocycles. The molecule has 1 heterocycles. The summed E-state index contributed by atoms with van der Waals surface area (Å²) in [6.07, 6.45) is -0.0108. The van der Waals surface area contributed by atoms with Crippen LogP contribution in [0.25, 0.3) is 0 Å². The second-order valence-electron chi connectivity index (χ2n) is 6.84. The Balaban J connectivity index is 1.54. The maximum absolute atomic E-state index is 12.2. The number of nitrogens with one attached hydrogen (secondary N) is 1. The Morgan fingerprint density at radius 2 is 1.52 bits per heavy atom. The molecular weight excluding hydrogens is 344 g/mol. The first-order valence-corrected chi connectivity index (χ1v) is 9.06. The maximum Gasteiger partial charge on any atom is 0.408 e. The van der Waals surface area contributed by atoms with Crippen molar-refractivity contribution in [3.63, 3.8) is 0 Å². The number of hydrogen-bond donors (Lipinski definition) is 2. The predicted octanol–water partition coefficient (Wildman–Crippen LogP) is 3.03. The van der Waals surface area contributed by atoms with Crippen molar-refractivity contribution >= 4 is 12.1 Å². The lowest BCUT2D eigenvalue weighted by molar-refractivity contribution is -0.147. The zero-order valence-corrected chi connectivity index (χ0v) is 15.1. The summed E-state index contributed by atoms with van der Waals surface area (Å²) in [6, 6.07) is 19.4. The number of carboxylic acids is 1. The van der Waals surface area contributed by atoms with E-state index in [4.69, 9.17) is 4.74 Å². The Kier molecular flexibility index (Phi) is 6.08. The van der Waals surface area contributed by atoms with Crippen molar-refractivity contribution in [1.82, 2.24) is 10.2 Å². The third kappa shape index (κ3) is 5.08. The fraction of sp³-hybridized carbons (Fsp3) is 0.333. The van der Waals surface area contributed by atoms with Crippen LogP contribution in [0.3, 0.4) is 0 Å². The number of rotatable bonds is 6. The molecule has 1 saturated heterocycles. The van der Waals surface area contributed by atoms with Crippen molar-refractivity contribution in [2.75, 3.05) is 13.1 Å². The van der Waals surface area contributed by atoms with Crippen LogP contribution in [-0.2, 0) is 22.7 Å². The van der Waals surface area contributed by atoms with Crippen molar-refractivity contribution in [1.29, 1.82) is 0 Å². The molecule has 142 valence electrons. The van der Waals surface area contributed by atoms with E-state index >= 15 is 0 Å². The van der Waals surface area contributed by atoms with Gasteiger partial charge in [0.2, 0.25) is 0 Å². The quantitative estimate of drug-likeness (QED) is 0.819. The third-order valence-electron chi connectivity index (χ3n) is 4.92. The number of likely N-dealkylation sites (tertiary alicyclic amines) is 1. The van der Waals surface area contributed by atoms with Crippen molar-refractivity contribution in [2.45, 2.75) is 31.5 Å². The molecule has 1 aliphatic rings. The van der Waals surface area contributed by atoms with Gasteiger partial charge in [-0.1, -0.05) is 60.7 Å². The molecule has 0 saturated carbocycles. The minimum absolute atomic E-state index is 0.114. The van der Waals surface area contributed by atoms with Crippen LogP contribution >= 0.6 is 0 Å². The highest BCUT2D eigenvalue weighted by Gasteiger charge is 2.43. The molecule has 2 N–H and O–H groups in total. The molecule has 1 amide bonds. The summed E-state index contributed by atoms with van der Waals surface area (Å²) in [5.41, 5.74) is 0.770. The molecule has 0 bridgehead atoms. The normalized spacial score (nSPS) is 16.4. The third-order valence-corrected chi connectivity index (χ3v) is 4.92. The molecular formula is C21H24N2O4. The van der Waals surface area contributed by atoms with E-state index < -0.39 is 17.6 Å². The molecule has 1 aliphatic heterocycles. The fourth-order valence-electron chi connectivity index (χ4n) is 3.28. The number of amides is 1. The monoisotopic (exact) mass is 368 g/mol. The van der Waals surface area contributed by atoms with Gasteiger partial charge in [-0.25, -0.2) is 9.59 Å². The van der Waals surface area contributed by atoms with Gasteiger partial charge >= 0.3 is 12.1 Å². The Morgan fingerprint density at radius 1 is 0.963 bits per heavy atom. The van der Waals surface area contributed by atoms with Gasteiger partial charge < -0.3 is 15.2 Å². The van der Waals surface area contributed by atoms with E-state index in [1.165, 1.54) is 5.56 Å². The molecule has 2 aromatic carbocycles. The highest BCUT2D eigenvalue weighted by molar-refractivity contribution is 5.84. The Hall–Kier alpha value is -2.86. The predicted molar refractivity (Wildman–Crippen MR) is 101 cm³/mol. The standard InChI is InChI=1S/C21H24N2O4/c24-19(25)21(22-20(26)27-16-18-9-5-2-6-10-18)11-13-23(14-12-21)15-17-7-3-1-4-8-17/h1-10H,11-16H2,(H,22,26)(H,24,25). The van der Waals surface area contributed by atoms with E-state index in [1.54, 1.807) is 0 Å². The summed E-state index contributed by atoms with van der Waals surface area (Å²) in [5, 5.41) is 12.3. The molecule has 1 fully saturated rings. The second kappa shape index (κ2) is 8.68. The first-order valence-electron chi connectivity index (χ1n) is 9.06. The number of carbonyl (C=O) groups is 2. The number of hydrogen-bond acceptors (Lipinski definition) is 4. The topological polar surface area (TPSA) is 78.9 Å². The van der Waals surface area contributed by atoms with Gasteiger partial charge in [-0.3, -0.25) is 4.90 Å². The molecule has 0 unspecified atom stereocenters. The van der Waals surface area contributed by atoms with Gasteiger partial charge in [-0.05, 0) is 24.0 Å². The molecule has 6 heteroatoms. The number of carbonyl (C=O) groups excluding carboxylic acids is 1. The minimum atomic E-state index is -1.28. The van der Waals surface area contributed by atoms with Gasteiger partial charge in [-0.2, -0.15) is 0 Å². The van der Waals surface area contributed by atoms with Gasteiger partial charge in [0, 0.05) is 19.6 Å². The first kappa shape index (κ1) is 18.9. The van der Waals surface area contributed by atoms with Crippen molar-refractivity contribution < 1.29 is 19.4 Å². The lowest BCUT2D eigenvalue weighted by Crippen LogP contribution is -2.60. The Labute approximate surface area is 158 Å². The number of benzene rings is 2. The van der Waals surface area contributed by atoms with Crippen LogP contribution < -0.4 is 5.32 Å². The van der Waals surface area contributed by atoms with Crippen molar-refractivity contribution in [3.05, 3.63) is 71.8 Å². The lowest BCUT2D eigenvalue weighted by Gasteiger charge is -2.39. The van der Waals surface area contributed by atoms with E-state index in [0.29, 0.717) is 25.9 Å². The average Bonchev–Trinajstić information content (AvgIpc) is 2.69. The van der Waals surface area contributed by atoms with E-state index in [-0.39, 0.29) is 6.61 Å².